The molecule has 0 aliphatic carbocycles. The molecule has 0 saturated carbocycles. The Labute approximate surface area is 416 Å². The second kappa shape index (κ2) is 41.8. The maximum absolute atomic E-state index is 10.5. The third-order valence-corrected chi connectivity index (χ3v) is 10.4. The van der Waals surface area contributed by atoms with Gasteiger partial charge in [0.05, 0.1) is 69.7 Å². The zero-order chi connectivity index (χ0) is 48.7. The van der Waals surface area contributed by atoms with Crippen LogP contribution in [0.4, 0.5) is 0 Å². The fraction of sp³-hybridized carbons (Fsp3) is 0.978. The van der Waals surface area contributed by atoms with Crippen molar-refractivity contribution in [2.75, 3.05) is 67.1 Å². The summed E-state index contributed by atoms with van der Waals surface area (Å²) in [6.45, 7) is 14.1. The third-order valence-electron chi connectivity index (χ3n) is 10.4. The summed E-state index contributed by atoms with van der Waals surface area (Å²) >= 11 is 0. The van der Waals surface area contributed by atoms with Crippen molar-refractivity contribution in [1.29, 1.82) is 0 Å². The first-order valence-corrected chi connectivity index (χ1v) is 21.9. The maximum Gasteiger partial charge on any atom is 0.302 e. The molecule has 6 rings (SSSR count). The molecule has 0 aromatic carbocycles. The molecule has 25 heteroatoms. The Hall–Kier alpha value is -1.45. The van der Waals surface area contributed by atoms with Crippen LogP contribution in [-0.2, 0) is 56.9 Å². The molecule has 6 fully saturated rings. The topological polar surface area (TPSA) is 404 Å². The Balaban J connectivity index is -0.000000198. The van der Waals surface area contributed by atoms with E-state index in [-0.39, 0.29) is 92.0 Å². The van der Waals surface area contributed by atoms with Gasteiger partial charge in [-0.15, -0.1) is 0 Å². The van der Waals surface area contributed by atoms with Crippen LogP contribution in [0.25, 0.3) is 0 Å². The van der Waals surface area contributed by atoms with Gasteiger partial charge in [-0.05, 0) is 47.0 Å². The highest BCUT2D eigenvalue weighted by Gasteiger charge is 2.53. The summed E-state index contributed by atoms with van der Waals surface area (Å²) < 4.78 is 57.3. The van der Waals surface area contributed by atoms with Gasteiger partial charge in [-0.1, -0.05) is 43.6 Å². The number of hydrogen-bond donors (Lipinski definition) is 11. The van der Waals surface area contributed by atoms with E-state index in [2.05, 4.69) is 9.47 Å². The number of rotatable bonds is 8. The Bertz CT molecular complexity index is 1200. The van der Waals surface area contributed by atoms with E-state index in [0.717, 1.165) is 19.4 Å². The van der Waals surface area contributed by atoms with E-state index < -0.39 is 104 Å². The van der Waals surface area contributed by atoms with E-state index in [1.165, 1.54) is 14.0 Å². The first-order chi connectivity index (χ1) is 30.2. The molecule has 0 bridgehead atoms. The van der Waals surface area contributed by atoms with Crippen LogP contribution in [0.2, 0.25) is 0 Å². The number of carbonyl (C=O) groups is 1. The molecular formula is C45H100O25. The van der Waals surface area contributed by atoms with Crippen LogP contribution in [0.5, 0.6) is 0 Å². The van der Waals surface area contributed by atoms with Gasteiger partial charge >= 0.3 is 5.97 Å². The number of fused-ring (bicyclic) bond motifs is 1. The number of methoxy groups -OCH3 is 2. The van der Waals surface area contributed by atoms with Crippen LogP contribution in [0.3, 0.4) is 0 Å². The Morgan fingerprint density at radius 3 is 1.73 bits per heavy atom. The standard InChI is InChI=1S/C16H28O10.C8H14O5.C6H12O4.C6H12O3.C3H8O.C2H6.4CH4.2H2O/c1-6-12(8(17)10(19)14(21-4)23-6)25-15-11(20)9(18)13-7(24-15)5-22-16(2,3)26-13;1-5(9)13-4-7-8(11)6(10)2-3-12-7;7-2-4-1-5(8)6(9)3-10-4;7-3-6-2-1-5(8)4-9-6;1-3-4-2;1-2;;;;;;/h6-15,17-20H,5H2,1-4H3;6-8,10-11H,2-4H2,1H3;4-9H,1-3H2;5-8H,1-4H2;3H2,1-2H3;1-2H3;4*1H4;2*1H2/t6?,7?,8?,9-,10-,11?,12+,13+,14+,15-;6-,7?,8-;4?,5-,6?;;;;;;;;;/m001........./s1. The molecule has 0 spiro atoms. The Kier molecular flexibility index (Phi) is 47.8. The zero-order valence-corrected chi connectivity index (χ0v) is 39.7. The number of aliphatic hydroxyl groups is 11. The summed E-state index contributed by atoms with van der Waals surface area (Å²) in [6.07, 6.45) is -12.9. The van der Waals surface area contributed by atoms with Crippen molar-refractivity contribution in [1.82, 2.24) is 0 Å². The summed E-state index contributed by atoms with van der Waals surface area (Å²) in [4.78, 5) is 10.5. The largest absolute Gasteiger partial charge is 0.463 e. The van der Waals surface area contributed by atoms with E-state index in [1.54, 1.807) is 27.9 Å². The lowest BCUT2D eigenvalue weighted by molar-refractivity contribution is -0.397. The molecule has 6 aliphatic heterocycles. The van der Waals surface area contributed by atoms with E-state index in [9.17, 15) is 35.4 Å². The lowest BCUT2D eigenvalue weighted by Gasteiger charge is -2.50. The van der Waals surface area contributed by atoms with E-state index >= 15 is 0 Å². The van der Waals surface area contributed by atoms with E-state index in [1.807, 2.05) is 20.8 Å². The monoisotopic (exact) mass is 1040 g/mol. The van der Waals surface area contributed by atoms with Gasteiger partial charge in [0.1, 0.15) is 67.6 Å². The van der Waals surface area contributed by atoms with Crippen molar-refractivity contribution in [2.45, 2.75) is 220 Å². The third kappa shape index (κ3) is 27.2. The Morgan fingerprint density at radius 1 is 0.686 bits per heavy atom. The fourth-order valence-electron chi connectivity index (χ4n) is 6.59. The molecule has 6 saturated heterocycles. The molecule has 0 aromatic heterocycles. The average Bonchev–Trinajstić information content (AvgIpc) is 3.28. The van der Waals surface area contributed by atoms with Gasteiger partial charge in [0.15, 0.2) is 18.4 Å². The lowest BCUT2D eigenvalue weighted by atomic mass is 9.96. The highest BCUT2D eigenvalue weighted by molar-refractivity contribution is 5.65. The number of aliphatic hydroxyl groups excluding tert-OH is 11. The first kappa shape index (κ1) is 79.9. The number of esters is 1. The SMILES string of the molecule is C.C.C.C.CC.CC(=O)OCC1OCC[C@H](O)[C@@H]1O.CCOC.CO[C@@H]1OC(C)[C@@H](O[C@@H]2OC3COC(C)(C)O[C@H]3[C@@H](O)C2O)C(O)[C@@H]1O.O.O.OCC1CCC(O)CO1.OCC1C[C@@H](O)C(O)CO1. The molecule has 0 aromatic rings. The van der Waals surface area contributed by atoms with Gasteiger partial charge < -0.3 is 119 Å². The predicted octanol–water partition coefficient (Wildman–Crippen LogP) is -2.28. The molecule has 9 unspecified atom stereocenters. The summed E-state index contributed by atoms with van der Waals surface area (Å²) in [5.74, 6) is -1.32. The first-order valence-electron chi connectivity index (χ1n) is 21.9. The average molecular weight is 1040 g/mol. The second-order valence-corrected chi connectivity index (χ2v) is 15.9. The minimum absolute atomic E-state index is 0. The van der Waals surface area contributed by atoms with Gasteiger partial charge in [0.2, 0.25) is 0 Å². The van der Waals surface area contributed by atoms with E-state index in [4.69, 9.17) is 68.2 Å². The zero-order valence-electron chi connectivity index (χ0n) is 39.7. The predicted molar refractivity (Wildman–Crippen MR) is 255 cm³/mol. The van der Waals surface area contributed by atoms with Crippen molar-refractivity contribution in [3.8, 4) is 0 Å². The molecule has 6 heterocycles. The highest BCUT2D eigenvalue weighted by atomic mass is 16.8. The number of carbonyl (C=O) groups excluding carboxylic acids is 1. The summed E-state index contributed by atoms with van der Waals surface area (Å²) in [5, 5.41) is 104. The summed E-state index contributed by atoms with van der Waals surface area (Å²) in [7, 11) is 3.03. The molecule has 18 atom stereocenters. The van der Waals surface area contributed by atoms with Crippen molar-refractivity contribution in [3.05, 3.63) is 0 Å². The Morgan fingerprint density at radius 2 is 1.24 bits per heavy atom. The molecule has 0 amide bonds. The lowest BCUT2D eigenvalue weighted by Crippen LogP contribution is -2.66. The highest BCUT2D eigenvalue weighted by Crippen LogP contribution is 2.34. The molecule has 0 radical (unpaired) electrons. The van der Waals surface area contributed by atoms with Crippen LogP contribution in [-0.4, -0.2) is 256 Å². The van der Waals surface area contributed by atoms with Gasteiger partial charge in [-0.2, -0.15) is 0 Å². The molecule has 25 nitrogen and oxygen atoms in total. The maximum atomic E-state index is 10.5. The van der Waals surface area contributed by atoms with Crippen molar-refractivity contribution >= 4 is 5.97 Å². The minimum atomic E-state index is -1.41. The molecule has 70 heavy (non-hydrogen) atoms. The molecular weight excluding hydrogens is 940 g/mol. The number of hydrogen-bond acceptors (Lipinski definition) is 23. The van der Waals surface area contributed by atoms with Crippen LogP contribution >= 0.6 is 0 Å². The van der Waals surface area contributed by atoms with Crippen LogP contribution in [0, 0.1) is 0 Å². The van der Waals surface area contributed by atoms with Gasteiger partial charge in [0.25, 0.3) is 0 Å². The van der Waals surface area contributed by atoms with Gasteiger partial charge in [0, 0.05) is 40.8 Å². The normalized spacial score (nSPS) is 36.7. The van der Waals surface area contributed by atoms with Gasteiger partial charge in [-0.25, -0.2) is 0 Å². The molecule has 15 N–H and O–H groups in total. The van der Waals surface area contributed by atoms with Gasteiger partial charge in [-0.3, -0.25) is 4.79 Å². The number of ether oxygens (including phenoxy) is 11. The van der Waals surface area contributed by atoms with Crippen LogP contribution in [0.15, 0.2) is 0 Å². The van der Waals surface area contributed by atoms with Crippen molar-refractivity contribution in [3.63, 3.8) is 0 Å². The second-order valence-electron chi connectivity index (χ2n) is 15.9. The molecule has 430 valence electrons. The minimum Gasteiger partial charge on any atom is -0.463 e. The van der Waals surface area contributed by atoms with Crippen molar-refractivity contribution in [2.24, 2.45) is 0 Å². The van der Waals surface area contributed by atoms with Crippen LogP contribution < -0.4 is 0 Å². The summed E-state index contributed by atoms with van der Waals surface area (Å²) in [5.41, 5.74) is 0. The van der Waals surface area contributed by atoms with Crippen LogP contribution in [0.1, 0.15) is 104 Å². The van der Waals surface area contributed by atoms with Crippen molar-refractivity contribution < 1.29 is 124 Å². The van der Waals surface area contributed by atoms with E-state index in [0.29, 0.717) is 26.1 Å². The molecule has 6 aliphatic rings. The summed E-state index contributed by atoms with van der Waals surface area (Å²) in [6, 6.07) is 0. The quantitative estimate of drug-likeness (QED) is 0.114. The smallest absolute Gasteiger partial charge is 0.302 e. The fourth-order valence-corrected chi connectivity index (χ4v) is 6.59.